The summed E-state index contributed by atoms with van der Waals surface area (Å²) in [7, 11) is 0. The third-order valence-electron chi connectivity index (χ3n) is 3.33. The lowest BCUT2D eigenvalue weighted by Crippen LogP contribution is -2.29. The lowest BCUT2D eigenvalue weighted by molar-refractivity contribution is -0.143. The highest BCUT2D eigenvalue weighted by molar-refractivity contribution is 5.88. The molecule has 1 aromatic heterocycles. The maximum absolute atomic E-state index is 11.6. The minimum Gasteiger partial charge on any atom is -0.452 e. The minimum absolute atomic E-state index is 0.284. The third kappa shape index (κ3) is 6.99. The summed E-state index contributed by atoms with van der Waals surface area (Å²) < 4.78 is 6.55. The van der Waals surface area contributed by atoms with Gasteiger partial charge in [0.05, 0.1) is 12.7 Å². The van der Waals surface area contributed by atoms with E-state index in [2.05, 4.69) is 15.6 Å². The van der Waals surface area contributed by atoms with Crippen LogP contribution in [0.1, 0.15) is 31.0 Å². The van der Waals surface area contributed by atoms with Gasteiger partial charge in [-0.25, -0.2) is 9.48 Å². The topological polar surface area (TPSA) is 86.1 Å². The highest BCUT2D eigenvalue weighted by Gasteiger charge is 2.05. The molecule has 0 spiro atoms. The first kappa shape index (κ1) is 18.4. The van der Waals surface area contributed by atoms with Crippen LogP contribution in [0.2, 0.25) is 0 Å². The monoisotopic (exact) mass is 342 g/mol. The molecule has 0 fully saturated rings. The fraction of sp³-hybridized carbons (Fsp3) is 0.333. The second kappa shape index (κ2) is 10.0. The lowest BCUT2D eigenvalue weighted by atomic mass is 10.2. The van der Waals surface area contributed by atoms with Crippen molar-refractivity contribution in [2.45, 2.75) is 26.3 Å². The molecular formula is C18H22N4O3. The molecule has 0 unspecified atom stereocenters. The SMILES string of the molecule is CCCCNC(=O)COC(=O)/C=C/c1cn(Cc2ccccc2)nn1. The Morgan fingerprint density at radius 1 is 1.28 bits per heavy atom. The smallest absolute Gasteiger partial charge is 0.331 e. The molecular weight excluding hydrogens is 320 g/mol. The second-order valence-corrected chi connectivity index (χ2v) is 5.47. The summed E-state index contributed by atoms with van der Waals surface area (Å²) in [5.41, 5.74) is 1.65. The molecule has 7 heteroatoms. The standard InChI is InChI=1S/C18H22N4O3/c1-2-3-11-19-17(23)14-25-18(24)10-9-16-13-22(21-20-16)12-15-7-5-4-6-8-15/h4-10,13H,2-3,11-12,14H2,1H3,(H,19,23)/b10-9+. The van der Waals surface area contributed by atoms with Crippen molar-refractivity contribution in [2.24, 2.45) is 0 Å². The summed E-state index contributed by atoms with van der Waals surface area (Å²) in [5, 5.41) is 10.6. The summed E-state index contributed by atoms with van der Waals surface area (Å²) in [6, 6.07) is 9.87. The van der Waals surface area contributed by atoms with Gasteiger partial charge in [-0.15, -0.1) is 5.10 Å². The van der Waals surface area contributed by atoms with E-state index in [0.29, 0.717) is 18.8 Å². The number of aromatic nitrogens is 3. The van der Waals surface area contributed by atoms with E-state index in [4.69, 9.17) is 4.74 Å². The predicted molar refractivity (Wildman–Crippen MR) is 93.5 cm³/mol. The molecule has 0 aliphatic carbocycles. The number of nitrogens with zero attached hydrogens (tertiary/aromatic N) is 3. The summed E-state index contributed by atoms with van der Waals surface area (Å²) in [4.78, 5) is 23.0. The van der Waals surface area contributed by atoms with Crippen molar-refractivity contribution >= 4 is 18.0 Å². The Kier molecular flexibility index (Phi) is 7.37. The zero-order valence-corrected chi connectivity index (χ0v) is 14.2. The number of benzene rings is 1. The van der Waals surface area contributed by atoms with Crippen LogP contribution in [0.5, 0.6) is 0 Å². The molecule has 1 amide bonds. The second-order valence-electron chi connectivity index (χ2n) is 5.47. The normalized spacial score (nSPS) is 10.8. The number of esters is 1. The molecule has 0 radical (unpaired) electrons. The summed E-state index contributed by atoms with van der Waals surface area (Å²) in [6.07, 6.45) is 6.36. The largest absolute Gasteiger partial charge is 0.452 e. The van der Waals surface area contributed by atoms with E-state index in [1.807, 2.05) is 37.3 Å². The molecule has 1 N–H and O–H groups in total. The summed E-state index contributed by atoms with van der Waals surface area (Å²) in [6.45, 7) is 2.94. The van der Waals surface area contributed by atoms with Gasteiger partial charge in [-0.05, 0) is 18.1 Å². The van der Waals surface area contributed by atoms with E-state index in [1.165, 1.54) is 12.2 Å². The summed E-state index contributed by atoms with van der Waals surface area (Å²) in [5.74, 6) is -0.896. The molecule has 132 valence electrons. The Labute approximate surface area is 146 Å². The van der Waals surface area contributed by atoms with Crippen LogP contribution in [0, 0.1) is 0 Å². The number of ether oxygens (including phenoxy) is 1. The molecule has 0 bridgehead atoms. The van der Waals surface area contributed by atoms with Gasteiger partial charge in [-0.3, -0.25) is 4.79 Å². The molecule has 0 aliphatic heterocycles. The van der Waals surface area contributed by atoms with Crippen LogP contribution < -0.4 is 5.32 Å². The number of unbranched alkanes of at least 4 members (excludes halogenated alkanes) is 1. The Balaban J connectivity index is 1.75. The molecule has 1 aromatic carbocycles. The number of carbonyl (C=O) groups is 2. The van der Waals surface area contributed by atoms with E-state index in [1.54, 1.807) is 10.9 Å². The van der Waals surface area contributed by atoms with Crippen molar-refractivity contribution < 1.29 is 14.3 Å². The van der Waals surface area contributed by atoms with Crippen molar-refractivity contribution in [3.8, 4) is 0 Å². The number of amides is 1. The van der Waals surface area contributed by atoms with Crippen molar-refractivity contribution in [3.63, 3.8) is 0 Å². The van der Waals surface area contributed by atoms with Gasteiger partial charge < -0.3 is 10.1 Å². The fourth-order valence-corrected chi connectivity index (χ4v) is 2.03. The first-order valence-corrected chi connectivity index (χ1v) is 8.23. The Morgan fingerprint density at radius 3 is 2.84 bits per heavy atom. The molecule has 2 aromatic rings. The van der Waals surface area contributed by atoms with Crippen molar-refractivity contribution in [1.29, 1.82) is 0 Å². The molecule has 0 saturated heterocycles. The van der Waals surface area contributed by atoms with Gasteiger partial charge in [-0.1, -0.05) is 48.9 Å². The van der Waals surface area contributed by atoms with Crippen molar-refractivity contribution in [1.82, 2.24) is 20.3 Å². The average Bonchev–Trinajstić information content (AvgIpc) is 3.06. The van der Waals surface area contributed by atoms with E-state index in [0.717, 1.165) is 18.4 Å². The predicted octanol–water partition coefficient (Wildman–Crippen LogP) is 1.80. The van der Waals surface area contributed by atoms with E-state index < -0.39 is 5.97 Å². The van der Waals surface area contributed by atoms with Crippen LogP contribution in [0.4, 0.5) is 0 Å². The number of nitrogens with one attached hydrogen (secondary N) is 1. The quantitative estimate of drug-likeness (QED) is 0.427. The number of hydrogen-bond acceptors (Lipinski definition) is 5. The van der Waals surface area contributed by atoms with Crippen LogP contribution in [0.3, 0.4) is 0 Å². The average molecular weight is 342 g/mol. The summed E-state index contributed by atoms with van der Waals surface area (Å²) >= 11 is 0. The van der Waals surface area contributed by atoms with E-state index in [-0.39, 0.29) is 12.5 Å². The van der Waals surface area contributed by atoms with Crippen molar-refractivity contribution in [3.05, 3.63) is 53.9 Å². The molecule has 0 atom stereocenters. The maximum atomic E-state index is 11.6. The molecule has 25 heavy (non-hydrogen) atoms. The van der Waals surface area contributed by atoms with Gasteiger partial charge in [0.2, 0.25) is 0 Å². The zero-order valence-electron chi connectivity index (χ0n) is 14.2. The van der Waals surface area contributed by atoms with E-state index in [9.17, 15) is 9.59 Å². The van der Waals surface area contributed by atoms with Crippen LogP contribution >= 0.6 is 0 Å². The van der Waals surface area contributed by atoms with Gasteiger partial charge in [0.25, 0.3) is 5.91 Å². The fourth-order valence-electron chi connectivity index (χ4n) is 2.03. The zero-order chi connectivity index (χ0) is 17.9. The van der Waals surface area contributed by atoms with Crippen LogP contribution in [0.15, 0.2) is 42.6 Å². The lowest BCUT2D eigenvalue weighted by Gasteiger charge is -2.03. The highest BCUT2D eigenvalue weighted by Crippen LogP contribution is 2.03. The first-order valence-electron chi connectivity index (χ1n) is 8.23. The van der Waals surface area contributed by atoms with Crippen molar-refractivity contribution in [2.75, 3.05) is 13.2 Å². The van der Waals surface area contributed by atoms with Crippen LogP contribution in [0.25, 0.3) is 6.08 Å². The number of hydrogen-bond donors (Lipinski definition) is 1. The van der Waals surface area contributed by atoms with Crippen LogP contribution in [-0.2, 0) is 20.9 Å². The van der Waals surface area contributed by atoms with E-state index >= 15 is 0 Å². The van der Waals surface area contributed by atoms with Gasteiger partial charge in [0.1, 0.15) is 5.69 Å². The van der Waals surface area contributed by atoms with Gasteiger partial charge in [0, 0.05) is 12.6 Å². The minimum atomic E-state index is -0.594. The third-order valence-corrected chi connectivity index (χ3v) is 3.33. The number of carbonyl (C=O) groups excluding carboxylic acids is 2. The molecule has 1 heterocycles. The number of rotatable bonds is 9. The Bertz CT molecular complexity index is 710. The maximum Gasteiger partial charge on any atom is 0.331 e. The van der Waals surface area contributed by atoms with Gasteiger partial charge in [0.15, 0.2) is 6.61 Å². The van der Waals surface area contributed by atoms with Gasteiger partial charge >= 0.3 is 5.97 Å². The highest BCUT2D eigenvalue weighted by atomic mass is 16.5. The molecule has 7 nitrogen and oxygen atoms in total. The Morgan fingerprint density at radius 2 is 2.08 bits per heavy atom. The molecule has 0 aliphatic rings. The molecule has 2 rings (SSSR count). The van der Waals surface area contributed by atoms with Gasteiger partial charge in [-0.2, -0.15) is 0 Å². The first-order chi connectivity index (χ1) is 12.2. The van der Waals surface area contributed by atoms with Crippen LogP contribution in [-0.4, -0.2) is 40.0 Å². The molecule has 0 saturated carbocycles. The Hall–Kier alpha value is -2.96.